The maximum atomic E-state index is 2.48. The van der Waals surface area contributed by atoms with Crippen molar-refractivity contribution in [1.82, 2.24) is 9.13 Å². The van der Waals surface area contributed by atoms with Crippen LogP contribution in [0.15, 0.2) is 461 Å². The predicted molar refractivity (Wildman–Crippen MR) is 537 cm³/mol. The van der Waals surface area contributed by atoms with Crippen molar-refractivity contribution < 1.29 is 0 Å². The second-order valence-corrected chi connectivity index (χ2v) is 35.7. The molecule has 0 aliphatic heterocycles. The van der Waals surface area contributed by atoms with Crippen LogP contribution >= 0.6 is 22.7 Å². The van der Waals surface area contributed by atoms with Gasteiger partial charge in [0.15, 0.2) is 0 Å². The summed E-state index contributed by atoms with van der Waals surface area (Å²) in [5.41, 5.74) is 39.1. The summed E-state index contributed by atoms with van der Waals surface area (Å²) in [7, 11) is 0. The zero-order valence-electron chi connectivity index (χ0n) is 68.5. The fourth-order valence-corrected chi connectivity index (χ4v) is 24.8. The first-order chi connectivity index (χ1) is 62.5. The molecule has 0 amide bonds. The molecule has 0 N–H and O–H groups in total. The number of hydrogen-bond donors (Lipinski definition) is 0. The first-order valence-electron chi connectivity index (χ1n) is 43.4. The summed E-state index contributed by atoms with van der Waals surface area (Å²) < 4.78 is 7.43. The van der Waals surface area contributed by atoms with Crippen molar-refractivity contribution in [2.75, 3.05) is 9.80 Å². The van der Waals surface area contributed by atoms with Crippen LogP contribution in [0.5, 0.6) is 0 Å². The normalized spacial score (nSPS) is 14.5. The highest BCUT2D eigenvalue weighted by Crippen LogP contribution is 2.70. The number of aromatic nitrogens is 2. The minimum absolute atomic E-state index is 0. The maximum Gasteiger partial charge on any atom is 0.0839 e. The fourth-order valence-electron chi connectivity index (χ4n) is 21.9. The van der Waals surface area contributed by atoms with Crippen LogP contribution in [0.2, 0.25) is 0 Å². The molecular formula is C121H80N4S2. The number of thiophene rings is 2. The second-order valence-electron chi connectivity index (χ2n) is 33.6. The maximum absolute atomic E-state index is 2.48. The quantitative estimate of drug-likeness (QED) is 0.128. The molecule has 127 heavy (non-hydrogen) atoms. The number of nitrogens with zero attached hydrogens (tertiary/aromatic N) is 4. The summed E-state index contributed by atoms with van der Waals surface area (Å²) in [4.78, 5) is 7.60. The van der Waals surface area contributed by atoms with E-state index in [1.807, 2.05) is 22.7 Å². The van der Waals surface area contributed by atoms with Gasteiger partial charge in [-0.05, 0) is 240 Å². The van der Waals surface area contributed by atoms with E-state index < -0.39 is 10.8 Å². The number of benzene rings is 19. The Bertz CT molecular complexity index is 8140. The van der Waals surface area contributed by atoms with E-state index in [4.69, 9.17) is 0 Å². The number of fused-ring (bicyclic) bond motifs is 30. The molecule has 0 bridgehead atoms. The van der Waals surface area contributed by atoms with E-state index in [9.17, 15) is 0 Å². The van der Waals surface area contributed by atoms with Crippen molar-refractivity contribution in [3.05, 3.63) is 504 Å². The highest BCUT2D eigenvalue weighted by Gasteiger charge is 2.56. The zero-order valence-corrected chi connectivity index (χ0v) is 70.1. The first-order valence-corrected chi connectivity index (χ1v) is 45.1. The molecule has 4 aliphatic carbocycles. The molecule has 27 rings (SSSR count). The average Bonchev–Trinajstić information content (AvgIpc) is 1.50. The standard InChI is InChI=1S/C63H40N2S.C57H36N2S.CH4/c1-3-15-45(16-4-1)64(46-17-5-2-6-18-46)47-33-27-42(28-34-47)44-32-38-57-54(40-44)61-52-22-10-14-26-60(52)66-62(61)63(57)55-23-11-7-19-49(55)53-39-43(31-37-56(53)63)41-29-35-48(36-30-41)65-58-24-12-8-20-50(58)51-21-9-13-25-59(51)65;1-3-16-39(17-4-1)58(40-18-5-2-6-19-40)52-28-15-24-45-42-20-7-11-25-48(42)57(55(45)52)49-35-32-38(36-47(49)54-46-23-10-14-29-53(46)60-56(54)57)37-30-33-41(34-31-37)59-50-26-12-8-21-43(50)44-22-9-13-27-51(44)59;/h1-40H;1-36H;1H4. The van der Waals surface area contributed by atoms with E-state index in [0.29, 0.717) is 0 Å². The van der Waals surface area contributed by atoms with Crippen LogP contribution < -0.4 is 9.80 Å². The SMILES string of the molecule is C.c1ccc(N(c2ccccc2)c2ccc(-c3ccc4c(c3)-c3c(sc5ccccc35)C43c4ccccc4-c4cc(-c5ccc(-n6c7ccccc7c7ccccc76)cc5)ccc43)cc2)cc1.c1ccc(N(c2ccccc2)c2cccc3c2C2(c4ccccc4-3)c3ccc(-c4ccc(-n5c6ccccc6c6ccccc65)cc4)cc3-c3c2sc2ccccc32)cc1. The molecule has 2 atom stereocenters. The lowest BCUT2D eigenvalue weighted by Crippen LogP contribution is -2.27. The molecule has 2 spiro atoms. The van der Waals surface area contributed by atoms with Gasteiger partial charge in [0.25, 0.3) is 0 Å². The van der Waals surface area contributed by atoms with E-state index in [0.717, 1.165) is 39.8 Å². The zero-order chi connectivity index (χ0) is 82.7. The Kier molecular flexibility index (Phi) is 17.0. The van der Waals surface area contributed by atoms with Gasteiger partial charge in [-0.3, -0.25) is 0 Å². The molecular weight excluding hydrogens is 1570 g/mol. The Morgan fingerprint density at radius 1 is 0.205 bits per heavy atom. The molecule has 6 heteroatoms. The number of rotatable bonds is 11. The summed E-state index contributed by atoms with van der Waals surface area (Å²) in [5, 5.41) is 7.75. The third-order valence-corrected chi connectivity index (χ3v) is 29.8. The van der Waals surface area contributed by atoms with Gasteiger partial charge in [-0.25, -0.2) is 0 Å². The summed E-state index contributed by atoms with van der Waals surface area (Å²) in [5.74, 6) is 0. The van der Waals surface area contributed by atoms with Crippen molar-refractivity contribution in [3.63, 3.8) is 0 Å². The number of hydrogen-bond acceptors (Lipinski definition) is 4. The fraction of sp³-hybridized carbons (Fsp3) is 0.0248. The van der Waals surface area contributed by atoms with Gasteiger partial charge in [-0.2, -0.15) is 0 Å². The van der Waals surface area contributed by atoms with Gasteiger partial charge in [0.05, 0.1) is 38.6 Å². The van der Waals surface area contributed by atoms with Crippen molar-refractivity contribution in [1.29, 1.82) is 0 Å². The summed E-state index contributed by atoms with van der Waals surface area (Å²) in [6, 6.07) is 170. The molecule has 4 heterocycles. The van der Waals surface area contributed by atoms with Gasteiger partial charge in [-0.15, -0.1) is 22.7 Å². The van der Waals surface area contributed by atoms with Crippen molar-refractivity contribution in [2.45, 2.75) is 18.3 Å². The van der Waals surface area contributed by atoms with E-state index in [2.05, 4.69) is 480 Å². The van der Waals surface area contributed by atoms with Gasteiger partial charge >= 0.3 is 0 Å². The van der Waals surface area contributed by atoms with Crippen LogP contribution in [-0.2, 0) is 10.8 Å². The molecule has 0 saturated carbocycles. The highest BCUT2D eigenvalue weighted by atomic mass is 32.1. The molecule has 596 valence electrons. The van der Waals surface area contributed by atoms with Gasteiger partial charge in [0.1, 0.15) is 0 Å². The molecule has 4 nitrogen and oxygen atoms in total. The number of para-hydroxylation sites is 8. The Morgan fingerprint density at radius 3 is 0.945 bits per heavy atom. The summed E-state index contributed by atoms with van der Waals surface area (Å²) >= 11 is 3.92. The molecule has 0 saturated heterocycles. The molecule has 19 aromatic carbocycles. The van der Waals surface area contributed by atoms with Crippen molar-refractivity contribution in [2.24, 2.45) is 0 Å². The first kappa shape index (κ1) is 74.0. The van der Waals surface area contributed by atoms with Crippen LogP contribution in [0.4, 0.5) is 34.1 Å². The Balaban J connectivity index is 0.000000138. The minimum Gasteiger partial charge on any atom is -0.311 e. The third-order valence-electron chi connectivity index (χ3n) is 27.2. The van der Waals surface area contributed by atoms with Crippen molar-refractivity contribution >= 4 is 121 Å². The Morgan fingerprint density at radius 2 is 0.504 bits per heavy atom. The molecule has 2 unspecified atom stereocenters. The lowest BCUT2D eigenvalue weighted by Gasteiger charge is -2.35. The smallest absolute Gasteiger partial charge is 0.0839 e. The second kappa shape index (κ2) is 29.2. The minimum atomic E-state index is -0.516. The molecule has 0 fully saturated rings. The molecule has 4 aromatic heterocycles. The Labute approximate surface area is 745 Å². The van der Waals surface area contributed by atoms with Crippen molar-refractivity contribution in [3.8, 4) is 89.3 Å². The highest BCUT2D eigenvalue weighted by molar-refractivity contribution is 7.20. The number of anilines is 6. The largest absolute Gasteiger partial charge is 0.311 e. The van der Waals surface area contributed by atoms with Gasteiger partial charge in [-0.1, -0.05) is 323 Å². The predicted octanol–water partition coefficient (Wildman–Crippen LogP) is 33.3. The van der Waals surface area contributed by atoms with Crippen LogP contribution in [0.25, 0.3) is 153 Å². The summed E-state index contributed by atoms with van der Waals surface area (Å²) in [6.45, 7) is 0. The van der Waals surface area contributed by atoms with Crippen LogP contribution in [0, 0.1) is 0 Å². The third kappa shape index (κ3) is 11.0. The van der Waals surface area contributed by atoms with E-state index in [1.54, 1.807) is 0 Å². The molecule has 4 aliphatic rings. The molecule has 23 aromatic rings. The van der Waals surface area contributed by atoms with Gasteiger partial charge in [0, 0.05) is 108 Å². The topological polar surface area (TPSA) is 16.3 Å². The van der Waals surface area contributed by atoms with E-state index >= 15 is 0 Å². The molecule has 0 radical (unpaired) electrons. The lowest BCUT2D eigenvalue weighted by atomic mass is 9.73. The van der Waals surface area contributed by atoms with Crippen LogP contribution in [-0.4, -0.2) is 9.13 Å². The average molecular weight is 1650 g/mol. The van der Waals surface area contributed by atoms with E-state index in [-0.39, 0.29) is 7.43 Å². The summed E-state index contributed by atoms with van der Waals surface area (Å²) in [6.07, 6.45) is 0. The lowest BCUT2D eigenvalue weighted by molar-refractivity contribution is 0.810. The monoisotopic (exact) mass is 1650 g/mol. The Hall–Kier alpha value is -15.7. The van der Waals surface area contributed by atoms with Gasteiger partial charge < -0.3 is 18.9 Å². The van der Waals surface area contributed by atoms with Crippen LogP contribution in [0.3, 0.4) is 0 Å². The van der Waals surface area contributed by atoms with E-state index in [1.165, 1.54) is 190 Å². The van der Waals surface area contributed by atoms with Gasteiger partial charge in [0.2, 0.25) is 0 Å². The van der Waals surface area contributed by atoms with Crippen LogP contribution in [0.1, 0.15) is 50.6 Å².